The van der Waals surface area contributed by atoms with Gasteiger partial charge < -0.3 is 29.6 Å². The fourth-order valence-electron chi connectivity index (χ4n) is 3.38. The van der Waals surface area contributed by atoms with Gasteiger partial charge >= 0.3 is 24.1 Å². The number of hydrogen-bond acceptors (Lipinski definition) is 8. The third-order valence-electron chi connectivity index (χ3n) is 5.44. The highest BCUT2D eigenvalue weighted by Crippen LogP contribution is 2.32. The molecule has 0 aliphatic heterocycles. The zero-order valence-electron chi connectivity index (χ0n) is 24.1. The van der Waals surface area contributed by atoms with E-state index in [-0.39, 0.29) is 35.7 Å². The van der Waals surface area contributed by atoms with Gasteiger partial charge in [-0.15, -0.1) is 0 Å². The molecule has 0 saturated heterocycles. The van der Waals surface area contributed by atoms with Gasteiger partial charge in [-0.05, 0) is 69.4 Å². The SMILES string of the molecule is CCOC(=O)c1cc(C(C)(C)C)cc(C)c1OC(=O)N(CC)CC.CCOC(=O)c1ccccc1OC(N)=O. The van der Waals surface area contributed by atoms with E-state index in [4.69, 9.17) is 19.9 Å². The van der Waals surface area contributed by atoms with E-state index in [0.29, 0.717) is 18.7 Å². The van der Waals surface area contributed by atoms with E-state index in [9.17, 15) is 19.2 Å². The smallest absolute Gasteiger partial charge is 0.415 e. The third kappa shape index (κ3) is 9.96. The minimum absolute atomic E-state index is 0.100. The topological polar surface area (TPSA) is 134 Å². The number of rotatable bonds is 8. The number of carbonyl (C=O) groups is 4. The lowest BCUT2D eigenvalue weighted by Crippen LogP contribution is -2.33. The zero-order valence-corrected chi connectivity index (χ0v) is 24.1. The van der Waals surface area contributed by atoms with Gasteiger partial charge in [-0.2, -0.15) is 0 Å². The molecule has 0 heterocycles. The van der Waals surface area contributed by atoms with Crippen molar-refractivity contribution in [3.05, 3.63) is 58.7 Å². The van der Waals surface area contributed by atoms with Crippen molar-refractivity contribution in [1.29, 1.82) is 0 Å². The molecule has 0 aliphatic carbocycles. The fourth-order valence-corrected chi connectivity index (χ4v) is 3.38. The van der Waals surface area contributed by atoms with Crippen molar-refractivity contribution in [2.75, 3.05) is 26.3 Å². The summed E-state index contributed by atoms with van der Waals surface area (Å²) in [5.74, 6) is -0.648. The molecule has 0 aromatic heterocycles. The van der Waals surface area contributed by atoms with E-state index in [0.717, 1.165) is 11.1 Å². The molecule has 2 rings (SSSR count). The Morgan fingerprint density at radius 1 is 0.821 bits per heavy atom. The zero-order chi connectivity index (χ0) is 29.8. The lowest BCUT2D eigenvalue weighted by molar-refractivity contribution is 0.0512. The Labute approximate surface area is 230 Å². The predicted octanol–water partition coefficient (Wildman–Crippen LogP) is 5.63. The second-order valence-electron chi connectivity index (χ2n) is 9.32. The molecule has 2 amide bonds. The minimum atomic E-state index is -0.966. The molecule has 0 fully saturated rings. The van der Waals surface area contributed by atoms with Gasteiger partial charge in [0.1, 0.15) is 22.6 Å². The number of amides is 2. The molecule has 0 unspecified atom stereocenters. The maximum atomic E-state index is 12.4. The van der Waals surface area contributed by atoms with Crippen molar-refractivity contribution in [3.8, 4) is 11.5 Å². The molecule has 2 aromatic rings. The van der Waals surface area contributed by atoms with Crippen LogP contribution in [0.2, 0.25) is 0 Å². The maximum absolute atomic E-state index is 12.4. The molecule has 10 heteroatoms. The molecule has 10 nitrogen and oxygen atoms in total. The standard InChI is InChI=1S/C19H29NO4.C10H11NO4/c1-8-20(9-2)18(22)24-16-13(4)11-14(19(5,6)7)12-15(16)17(21)23-10-3;1-2-14-9(12)7-5-3-4-6-8(7)15-10(11)13/h11-12H,8-10H2,1-7H3;3-6H,2H2,1H3,(H2,11,13). The van der Waals surface area contributed by atoms with E-state index in [1.165, 1.54) is 12.1 Å². The van der Waals surface area contributed by atoms with Gasteiger partial charge in [-0.25, -0.2) is 19.2 Å². The van der Waals surface area contributed by atoms with Crippen LogP contribution >= 0.6 is 0 Å². The second-order valence-corrected chi connectivity index (χ2v) is 9.32. The average molecular weight is 545 g/mol. The first-order valence-electron chi connectivity index (χ1n) is 12.8. The lowest BCUT2D eigenvalue weighted by atomic mass is 9.85. The van der Waals surface area contributed by atoms with Gasteiger partial charge in [-0.3, -0.25) is 0 Å². The summed E-state index contributed by atoms with van der Waals surface area (Å²) >= 11 is 0. The number of carbonyl (C=O) groups excluding carboxylic acids is 4. The molecule has 0 spiro atoms. The van der Waals surface area contributed by atoms with Crippen LogP contribution in [0.15, 0.2) is 36.4 Å². The Morgan fingerprint density at radius 2 is 1.36 bits per heavy atom. The van der Waals surface area contributed by atoms with Crippen LogP contribution in [0.5, 0.6) is 11.5 Å². The van der Waals surface area contributed by atoms with E-state index >= 15 is 0 Å². The Kier molecular flexibility index (Phi) is 13.0. The molecular formula is C29H40N2O8. The third-order valence-corrected chi connectivity index (χ3v) is 5.44. The molecule has 2 aromatic carbocycles. The van der Waals surface area contributed by atoms with Crippen molar-refractivity contribution in [2.45, 2.75) is 60.8 Å². The first-order valence-corrected chi connectivity index (χ1v) is 12.8. The van der Waals surface area contributed by atoms with E-state index < -0.39 is 24.1 Å². The predicted molar refractivity (Wildman–Crippen MR) is 147 cm³/mol. The van der Waals surface area contributed by atoms with Gasteiger partial charge in [0, 0.05) is 13.1 Å². The van der Waals surface area contributed by atoms with Crippen molar-refractivity contribution < 1.29 is 38.1 Å². The van der Waals surface area contributed by atoms with Gasteiger partial charge in [0.2, 0.25) is 0 Å². The van der Waals surface area contributed by atoms with Crippen LogP contribution in [-0.4, -0.2) is 55.3 Å². The van der Waals surface area contributed by atoms with Crippen molar-refractivity contribution >= 4 is 24.1 Å². The Bertz CT molecular complexity index is 1150. The summed E-state index contributed by atoms with van der Waals surface area (Å²) in [5.41, 5.74) is 6.93. The molecule has 2 N–H and O–H groups in total. The molecule has 0 aliphatic rings. The molecule has 39 heavy (non-hydrogen) atoms. The van der Waals surface area contributed by atoms with E-state index in [1.54, 1.807) is 36.9 Å². The number of nitrogens with two attached hydrogens (primary N) is 1. The van der Waals surface area contributed by atoms with Crippen LogP contribution in [0.1, 0.15) is 80.3 Å². The molecule has 214 valence electrons. The van der Waals surface area contributed by atoms with Crippen LogP contribution in [0, 0.1) is 6.92 Å². The van der Waals surface area contributed by atoms with Gasteiger partial charge in [0.05, 0.1) is 13.2 Å². The number of primary amides is 1. The number of esters is 2. The number of benzene rings is 2. The highest BCUT2D eigenvalue weighted by atomic mass is 16.6. The number of hydrogen-bond donors (Lipinski definition) is 1. The highest BCUT2D eigenvalue weighted by molar-refractivity contribution is 5.94. The van der Waals surface area contributed by atoms with Crippen LogP contribution in [0.25, 0.3) is 0 Å². The summed E-state index contributed by atoms with van der Waals surface area (Å²) in [6.07, 6.45) is -1.43. The van der Waals surface area contributed by atoms with Crippen LogP contribution < -0.4 is 15.2 Å². The second kappa shape index (κ2) is 15.4. The Morgan fingerprint density at radius 3 is 1.85 bits per heavy atom. The number of para-hydroxylation sites is 1. The van der Waals surface area contributed by atoms with E-state index in [1.807, 2.05) is 26.8 Å². The highest BCUT2D eigenvalue weighted by Gasteiger charge is 2.25. The van der Waals surface area contributed by atoms with Crippen LogP contribution in [0.3, 0.4) is 0 Å². The van der Waals surface area contributed by atoms with Gasteiger partial charge in [0.25, 0.3) is 0 Å². The van der Waals surface area contributed by atoms with Gasteiger partial charge in [-0.1, -0.05) is 39.0 Å². The summed E-state index contributed by atoms with van der Waals surface area (Å²) < 4.78 is 20.1. The number of aryl methyl sites for hydroxylation is 1. The normalized spacial score (nSPS) is 10.5. The minimum Gasteiger partial charge on any atom is -0.462 e. The molecule has 0 saturated carbocycles. The summed E-state index contributed by atoms with van der Waals surface area (Å²) in [6, 6.07) is 9.94. The Balaban J connectivity index is 0.000000434. The molecular weight excluding hydrogens is 504 g/mol. The maximum Gasteiger partial charge on any atom is 0.415 e. The number of ether oxygens (including phenoxy) is 4. The van der Waals surface area contributed by atoms with Crippen molar-refractivity contribution in [3.63, 3.8) is 0 Å². The summed E-state index contributed by atoms with van der Waals surface area (Å²) in [7, 11) is 0. The first kappa shape index (κ1) is 32.9. The van der Waals surface area contributed by atoms with Crippen LogP contribution in [-0.2, 0) is 14.9 Å². The average Bonchev–Trinajstić information content (AvgIpc) is 2.86. The molecule has 0 atom stereocenters. The van der Waals surface area contributed by atoms with E-state index in [2.05, 4.69) is 25.5 Å². The lowest BCUT2D eigenvalue weighted by Gasteiger charge is -2.24. The van der Waals surface area contributed by atoms with Crippen molar-refractivity contribution in [1.82, 2.24) is 4.90 Å². The van der Waals surface area contributed by atoms with Crippen LogP contribution in [0.4, 0.5) is 9.59 Å². The fraction of sp³-hybridized carbons (Fsp3) is 0.448. The number of nitrogens with zero attached hydrogens (tertiary/aromatic N) is 1. The largest absolute Gasteiger partial charge is 0.462 e. The molecule has 0 radical (unpaired) electrons. The summed E-state index contributed by atoms with van der Waals surface area (Å²) in [5, 5.41) is 0. The Hall–Kier alpha value is -4.08. The molecule has 0 bridgehead atoms. The van der Waals surface area contributed by atoms with Gasteiger partial charge in [0.15, 0.2) is 0 Å². The summed E-state index contributed by atoms with van der Waals surface area (Å²) in [4.78, 5) is 48.2. The van der Waals surface area contributed by atoms with Crippen molar-refractivity contribution in [2.24, 2.45) is 5.73 Å². The monoisotopic (exact) mass is 544 g/mol. The summed E-state index contributed by atoms with van der Waals surface area (Å²) in [6.45, 7) is 16.9. The quantitative estimate of drug-likeness (QED) is 0.423. The first-order chi connectivity index (χ1) is 18.3.